The number of para-hydroxylation sites is 1. The van der Waals surface area contributed by atoms with Crippen molar-refractivity contribution in [3.05, 3.63) is 77.2 Å². The van der Waals surface area contributed by atoms with Crippen molar-refractivity contribution in [3.63, 3.8) is 0 Å². The summed E-state index contributed by atoms with van der Waals surface area (Å²) in [6, 6.07) is 17.9. The van der Waals surface area contributed by atoms with E-state index in [0.717, 1.165) is 29.2 Å². The van der Waals surface area contributed by atoms with E-state index in [1.54, 1.807) is 0 Å². The van der Waals surface area contributed by atoms with Crippen molar-refractivity contribution < 1.29 is 4.74 Å². The number of nitrogens with zero attached hydrogens (tertiary/aromatic N) is 2. The summed E-state index contributed by atoms with van der Waals surface area (Å²) >= 11 is 6.31. The van der Waals surface area contributed by atoms with E-state index in [2.05, 4.69) is 28.3 Å². The summed E-state index contributed by atoms with van der Waals surface area (Å²) < 4.78 is 5.93. The maximum absolute atomic E-state index is 6.31. The number of hydrogen-bond acceptors (Lipinski definition) is 4. The summed E-state index contributed by atoms with van der Waals surface area (Å²) in [5.74, 6) is 2.26. The average molecular weight is 354 g/mol. The van der Waals surface area contributed by atoms with Gasteiger partial charge in [-0.15, -0.1) is 0 Å². The van der Waals surface area contributed by atoms with Crippen LogP contribution in [0.4, 0.5) is 5.82 Å². The lowest BCUT2D eigenvalue weighted by atomic mass is 10.0. The van der Waals surface area contributed by atoms with Gasteiger partial charge in [-0.1, -0.05) is 48.9 Å². The molecule has 1 unspecified atom stereocenters. The number of aromatic nitrogens is 2. The molecule has 4 nitrogen and oxygen atoms in total. The summed E-state index contributed by atoms with van der Waals surface area (Å²) in [7, 11) is 0. The Morgan fingerprint density at radius 1 is 1.04 bits per heavy atom. The molecule has 1 atom stereocenters. The van der Waals surface area contributed by atoms with Crippen molar-refractivity contribution in [2.75, 3.05) is 5.32 Å². The lowest BCUT2D eigenvalue weighted by molar-refractivity contribution is 0.481. The van der Waals surface area contributed by atoms with Crippen LogP contribution in [0.1, 0.15) is 30.6 Å². The third-order valence-corrected chi connectivity index (χ3v) is 4.37. The molecular formula is C20H20ClN3O. The molecule has 1 aromatic heterocycles. The molecule has 0 spiro atoms. The van der Waals surface area contributed by atoms with E-state index in [-0.39, 0.29) is 6.04 Å². The maximum Gasteiger partial charge on any atom is 0.148 e. The fourth-order valence-corrected chi connectivity index (χ4v) is 2.72. The largest absolute Gasteiger partial charge is 0.457 e. The van der Waals surface area contributed by atoms with Crippen LogP contribution in [-0.2, 0) is 0 Å². The molecule has 0 aliphatic heterocycles. The molecule has 1 N–H and O–H groups in total. The molecule has 3 aromatic rings. The van der Waals surface area contributed by atoms with Crippen LogP contribution in [0.15, 0.2) is 60.9 Å². The van der Waals surface area contributed by atoms with Crippen molar-refractivity contribution in [1.29, 1.82) is 0 Å². The zero-order chi connectivity index (χ0) is 17.6. The minimum Gasteiger partial charge on any atom is -0.457 e. The number of ether oxygens (including phenoxy) is 1. The van der Waals surface area contributed by atoms with Gasteiger partial charge in [0.2, 0.25) is 0 Å². The second kappa shape index (κ2) is 7.99. The normalized spacial score (nSPS) is 11.8. The standard InChI is InChI=1S/C20H20ClN3O/c1-3-18(24-20-19(21)14(2)22-13-23-20)15-8-7-11-17(12-15)25-16-9-5-4-6-10-16/h4-13,18H,3H2,1-2H3,(H,22,23,24). The minimum absolute atomic E-state index is 0.0751. The first-order valence-electron chi connectivity index (χ1n) is 8.24. The van der Waals surface area contributed by atoms with E-state index in [0.29, 0.717) is 10.8 Å². The minimum atomic E-state index is 0.0751. The van der Waals surface area contributed by atoms with Crippen molar-refractivity contribution >= 4 is 17.4 Å². The first-order valence-corrected chi connectivity index (χ1v) is 8.61. The molecule has 2 aromatic carbocycles. The van der Waals surface area contributed by atoms with E-state index in [1.807, 2.05) is 55.5 Å². The smallest absolute Gasteiger partial charge is 0.148 e. The molecule has 25 heavy (non-hydrogen) atoms. The molecule has 1 heterocycles. The van der Waals surface area contributed by atoms with E-state index in [9.17, 15) is 0 Å². The monoisotopic (exact) mass is 353 g/mol. The molecule has 5 heteroatoms. The first-order chi connectivity index (χ1) is 12.2. The van der Waals surface area contributed by atoms with Crippen LogP contribution in [0.5, 0.6) is 11.5 Å². The molecule has 3 rings (SSSR count). The van der Waals surface area contributed by atoms with Crippen molar-refractivity contribution in [2.24, 2.45) is 0 Å². The van der Waals surface area contributed by atoms with Crippen molar-refractivity contribution in [3.8, 4) is 11.5 Å². The molecule has 0 bridgehead atoms. The van der Waals surface area contributed by atoms with E-state index in [4.69, 9.17) is 16.3 Å². The number of anilines is 1. The molecule has 0 fully saturated rings. The van der Waals surface area contributed by atoms with E-state index in [1.165, 1.54) is 6.33 Å². The molecular weight excluding hydrogens is 334 g/mol. The second-order valence-electron chi connectivity index (χ2n) is 5.71. The Hall–Kier alpha value is -2.59. The van der Waals surface area contributed by atoms with Gasteiger partial charge in [-0.3, -0.25) is 0 Å². The predicted octanol–water partition coefficient (Wildman–Crippen LogP) is 5.79. The van der Waals surface area contributed by atoms with Gasteiger partial charge in [-0.25, -0.2) is 9.97 Å². The predicted molar refractivity (Wildman–Crippen MR) is 101 cm³/mol. The summed E-state index contributed by atoms with van der Waals surface area (Å²) in [6.07, 6.45) is 2.40. The fraction of sp³-hybridized carbons (Fsp3) is 0.200. The van der Waals surface area contributed by atoms with Crippen LogP contribution in [0.3, 0.4) is 0 Å². The zero-order valence-corrected chi connectivity index (χ0v) is 15.0. The van der Waals surface area contributed by atoms with Gasteiger partial charge in [-0.05, 0) is 43.2 Å². The first kappa shape index (κ1) is 17.2. The summed E-state index contributed by atoms with van der Waals surface area (Å²) in [5.41, 5.74) is 1.87. The topological polar surface area (TPSA) is 47.0 Å². The van der Waals surface area contributed by atoms with Gasteiger partial charge in [0.15, 0.2) is 0 Å². The van der Waals surface area contributed by atoms with Crippen LogP contribution < -0.4 is 10.1 Å². The quantitative estimate of drug-likeness (QED) is 0.608. The van der Waals surface area contributed by atoms with Gasteiger partial charge in [-0.2, -0.15) is 0 Å². The molecule has 0 aliphatic carbocycles. The maximum atomic E-state index is 6.31. The molecule has 0 saturated heterocycles. The number of benzene rings is 2. The molecule has 0 radical (unpaired) electrons. The number of hydrogen-bond donors (Lipinski definition) is 1. The molecule has 0 aliphatic rings. The lowest BCUT2D eigenvalue weighted by Gasteiger charge is -2.20. The fourth-order valence-electron chi connectivity index (χ4n) is 2.56. The zero-order valence-electron chi connectivity index (χ0n) is 14.2. The van der Waals surface area contributed by atoms with E-state index < -0.39 is 0 Å². The Morgan fingerprint density at radius 2 is 1.80 bits per heavy atom. The van der Waals surface area contributed by atoms with Crippen LogP contribution in [0.2, 0.25) is 5.02 Å². The molecule has 0 saturated carbocycles. The highest BCUT2D eigenvalue weighted by molar-refractivity contribution is 6.33. The van der Waals surface area contributed by atoms with Crippen LogP contribution in [0, 0.1) is 6.92 Å². The average Bonchev–Trinajstić information content (AvgIpc) is 2.64. The Morgan fingerprint density at radius 3 is 2.56 bits per heavy atom. The van der Waals surface area contributed by atoms with Crippen molar-refractivity contribution in [1.82, 2.24) is 9.97 Å². The van der Waals surface area contributed by atoms with Gasteiger partial charge in [0.1, 0.15) is 28.7 Å². The molecule has 0 amide bonds. The Balaban J connectivity index is 1.81. The summed E-state index contributed by atoms with van der Waals surface area (Å²) in [6.45, 7) is 3.98. The number of rotatable bonds is 6. The third kappa shape index (κ3) is 4.28. The van der Waals surface area contributed by atoms with Gasteiger partial charge in [0.25, 0.3) is 0 Å². The highest BCUT2D eigenvalue weighted by Crippen LogP contribution is 2.30. The summed E-state index contributed by atoms with van der Waals surface area (Å²) in [5, 5.41) is 3.96. The highest BCUT2D eigenvalue weighted by atomic mass is 35.5. The van der Waals surface area contributed by atoms with Gasteiger partial charge in [0.05, 0.1) is 11.7 Å². The second-order valence-corrected chi connectivity index (χ2v) is 6.09. The van der Waals surface area contributed by atoms with Gasteiger partial charge < -0.3 is 10.1 Å². The van der Waals surface area contributed by atoms with Crippen LogP contribution >= 0.6 is 11.6 Å². The molecule has 128 valence electrons. The van der Waals surface area contributed by atoms with Gasteiger partial charge >= 0.3 is 0 Å². The van der Waals surface area contributed by atoms with Crippen LogP contribution in [-0.4, -0.2) is 9.97 Å². The number of halogens is 1. The SMILES string of the molecule is CCC(Nc1ncnc(C)c1Cl)c1cccc(Oc2ccccc2)c1. The number of aryl methyl sites for hydroxylation is 1. The number of nitrogens with one attached hydrogen (secondary N) is 1. The highest BCUT2D eigenvalue weighted by Gasteiger charge is 2.14. The van der Waals surface area contributed by atoms with Crippen LogP contribution in [0.25, 0.3) is 0 Å². The van der Waals surface area contributed by atoms with E-state index >= 15 is 0 Å². The summed E-state index contributed by atoms with van der Waals surface area (Å²) in [4.78, 5) is 8.36. The Labute approximate surface area is 152 Å². The Kier molecular flexibility index (Phi) is 5.51. The Bertz CT molecular complexity index is 839. The van der Waals surface area contributed by atoms with Gasteiger partial charge in [0, 0.05) is 0 Å². The lowest BCUT2D eigenvalue weighted by Crippen LogP contribution is -2.12. The third-order valence-electron chi connectivity index (χ3n) is 3.92. The van der Waals surface area contributed by atoms with Crippen molar-refractivity contribution in [2.45, 2.75) is 26.3 Å².